The van der Waals surface area contributed by atoms with Crippen molar-refractivity contribution < 1.29 is 33.4 Å². The van der Waals surface area contributed by atoms with Gasteiger partial charge in [-0.15, -0.1) is 0 Å². The molecular formula is C22H22N4O8. The molecule has 4 amide bonds. The van der Waals surface area contributed by atoms with E-state index in [4.69, 9.17) is 9.15 Å². The van der Waals surface area contributed by atoms with E-state index >= 15 is 0 Å². The summed E-state index contributed by atoms with van der Waals surface area (Å²) < 4.78 is 12.8. The van der Waals surface area contributed by atoms with Crippen molar-refractivity contribution in [2.45, 2.75) is 26.3 Å². The Morgan fingerprint density at radius 1 is 1.21 bits per heavy atom. The van der Waals surface area contributed by atoms with E-state index in [0.29, 0.717) is 16.2 Å². The molecule has 1 aliphatic heterocycles. The van der Waals surface area contributed by atoms with Crippen LogP contribution in [0, 0.1) is 25.0 Å². The number of barbiturate groups is 1. The number of rotatable bonds is 6. The number of ether oxygens (including phenoxy) is 1. The number of aliphatic hydroxyl groups is 1. The molecule has 1 atom stereocenters. The van der Waals surface area contributed by atoms with Crippen molar-refractivity contribution in [1.82, 2.24) is 15.2 Å². The van der Waals surface area contributed by atoms with E-state index in [1.807, 2.05) is 10.6 Å². The predicted octanol–water partition coefficient (Wildman–Crippen LogP) is -0.0403. The summed E-state index contributed by atoms with van der Waals surface area (Å²) in [6.45, 7) is 2.79. The number of imide groups is 2. The summed E-state index contributed by atoms with van der Waals surface area (Å²) >= 11 is 0. The predicted molar refractivity (Wildman–Crippen MR) is 116 cm³/mol. The molecule has 12 nitrogen and oxygen atoms in total. The summed E-state index contributed by atoms with van der Waals surface area (Å²) in [6.07, 6.45) is 1.10. The van der Waals surface area contributed by atoms with Gasteiger partial charge >= 0.3 is 6.03 Å². The molecule has 1 aliphatic rings. The Labute approximate surface area is 192 Å². The Kier molecular flexibility index (Phi) is 5.83. The summed E-state index contributed by atoms with van der Waals surface area (Å²) in [5.74, 6) is -4.77. The van der Waals surface area contributed by atoms with Crippen molar-refractivity contribution >= 4 is 28.8 Å². The zero-order valence-electron chi connectivity index (χ0n) is 18.6. The first-order valence-corrected chi connectivity index (χ1v) is 10.3. The number of aliphatic hydroxyl groups excluding tert-OH is 1. The first-order chi connectivity index (χ1) is 16.2. The molecule has 0 spiro atoms. The van der Waals surface area contributed by atoms with Gasteiger partial charge in [-0.1, -0.05) is 0 Å². The minimum Gasteiger partial charge on any atom is -0.711 e. The molecule has 4 rings (SSSR count). The number of hydrogen-bond donors (Lipinski definition) is 3. The Morgan fingerprint density at radius 3 is 2.50 bits per heavy atom. The van der Waals surface area contributed by atoms with E-state index in [1.54, 1.807) is 13.0 Å². The lowest BCUT2D eigenvalue weighted by molar-refractivity contribution is -0.621. The molecule has 1 fully saturated rings. The molecule has 0 radical (unpaired) electrons. The van der Waals surface area contributed by atoms with Crippen molar-refractivity contribution in [3.05, 3.63) is 62.7 Å². The number of nitrogens with one attached hydrogen (secondary N) is 2. The third-order valence-electron chi connectivity index (χ3n) is 6.03. The first-order valence-electron chi connectivity index (χ1n) is 10.3. The molecule has 3 heterocycles. The van der Waals surface area contributed by atoms with Gasteiger partial charge < -0.3 is 19.5 Å². The quantitative estimate of drug-likeness (QED) is 0.256. The second kappa shape index (κ2) is 8.63. The maximum absolute atomic E-state index is 13.6. The van der Waals surface area contributed by atoms with Crippen molar-refractivity contribution in [1.29, 1.82) is 0 Å². The van der Waals surface area contributed by atoms with Gasteiger partial charge in [-0.25, -0.2) is 14.1 Å². The van der Waals surface area contributed by atoms with Gasteiger partial charge in [-0.3, -0.25) is 25.0 Å². The Bertz CT molecular complexity index is 1370. The lowest BCUT2D eigenvalue weighted by Gasteiger charge is -2.27. The van der Waals surface area contributed by atoms with Gasteiger partial charge in [-0.2, -0.15) is 0 Å². The summed E-state index contributed by atoms with van der Waals surface area (Å²) in [7, 11) is 1.43. The Morgan fingerprint density at radius 2 is 1.88 bits per heavy atom. The van der Waals surface area contributed by atoms with Gasteiger partial charge in [0.15, 0.2) is 5.43 Å². The molecule has 0 unspecified atom stereocenters. The number of imidazole rings is 1. The fraction of sp³-hybridized carbons (Fsp3) is 0.318. The summed E-state index contributed by atoms with van der Waals surface area (Å²) in [5, 5.41) is 27.0. The van der Waals surface area contributed by atoms with Gasteiger partial charge in [0.05, 0.1) is 30.9 Å². The number of methoxy groups -OCH3 is 1. The summed E-state index contributed by atoms with van der Waals surface area (Å²) in [6, 6.07) is 3.57. The van der Waals surface area contributed by atoms with Crippen LogP contribution in [0.4, 0.5) is 4.79 Å². The number of urea groups is 1. The van der Waals surface area contributed by atoms with Crippen LogP contribution in [0.1, 0.15) is 28.7 Å². The standard InChI is InChI=1S/C22H22N4O8/c1-10-11(2)26(32)21(25(10)6-7-27)16(17-19(29)23-22(31)24-20(17)30)14-9-34-15-5-4-12(33-3)8-13(15)18(14)28/h4-5,8-9,16-17,27H,6-7H2,1-3H3,(H2,23,24,29,30,31)/t16-/m1/s1. The van der Waals surface area contributed by atoms with Gasteiger partial charge in [0.25, 0.3) is 5.82 Å². The molecule has 34 heavy (non-hydrogen) atoms. The number of nitrogens with zero attached hydrogens (tertiary/aromatic N) is 2. The van der Waals surface area contributed by atoms with Gasteiger partial charge in [-0.05, 0) is 18.2 Å². The molecule has 12 heteroatoms. The zero-order valence-corrected chi connectivity index (χ0v) is 18.6. The second-order valence-electron chi connectivity index (χ2n) is 7.84. The maximum atomic E-state index is 13.6. The highest BCUT2D eigenvalue weighted by Crippen LogP contribution is 2.33. The molecule has 3 N–H and O–H groups in total. The largest absolute Gasteiger partial charge is 0.711 e. The molecule has 0 bridgehead atoms. The molecule has 178 valence electrons. The van der Waals surface area contributed by atoms with Crippen LogP contribution in [0.25, 0.3) is 11.0 Å². The van der Waals surface area contributed by atoms with Gasteiger partial charge in [0.2, 0.25) is 11.8 Å². The molecular weight excluding hydrogens is 448 g/mol. The van der Waals surface area contributed by atoms with Crippen molar-refractivity contribution in [3.63, 3.8) is 0 Å². The smallest absolute Gasteiger partial charge is 0.328 e. The average molecular weight is 470 g/mol. The summed E-state index contributed by atoms with van der Waals surface area (Å²) in [5.41, 5.74) is 0.229. The Hall–Kier alpha value is -4.19. The topological polar surface area (TPSA) is 167 Å². The number of fused-ring (bicyclic) bond motifs is 1. The number of carbonyl (C=O) groups excluding carboxylic acids is 3. The number of aromatic nitrogens is 2. The Balaban J connectivity index is 2.05. The maximum Gasteiger partial charge on any atom is 0.328 e. The molecule has 0 saturated carbocycles. The van der Waals surface area contributed by atoms with E-state index in [0.717, 1.165) is 6.26 Å². The third kappa shape index (κ3) is 3.57. The molecule has 1 saturated heterocycles. The highest BCUT2D eigenvalue weighted by molar-refractivity contribution is 6.16. The molecule has 2 aromatic heterocycles. The average Bonchev–Trinajstić information content (AvgIpc) is 3.00. The van der Waals surface area contributed by atoms with Crippen LogP contribution in [0.15, 0.2) is 33.7 Å². The monoisotopic (exact) mass is 470 g/mol. The van der Waals surface area contributed by atoms with Crippen LogP contribution in [-0.4, -0.2) is 41.2 Å². The van der Waals surface area contributed by atoms with Crippen LogP contribution in [0.2, 0.25) is 0 Å². The van der Waals surface area contributed by atoms with E-state index in [1.165, 1.54) is 30.7 Å². The fourth-order valence-electron chi connectivity index (χ4n) is 4.24. The van der Waals surface area contributed by atoms with E-state index in [-0.39, 0.29) is 41.2 Å². The van der Waals surface area contributed by atoms with E-state index < -0.39 is 35.1 Å². The van der Waals surface area contributed by atoms with Crippen LogP contribution >= 0.6 is 0 Å². The minimum absolute atomic E-state index is 0.0324. The SMILES string of the molecule is COc1ccc2occ([C@@H](c3n(CCO)c(C)c(C)[n+]3[O-])C3C(=O)NC(=O)NC3=O)c(=O)c2c1. The lowest BCUT2D eigenvalue weighted by atomic mass is 9.83. The second-order valence-corrected chi connectivity index (χ2v) is 7.84. The van der Waals surface area contributed by atoms with Crippen LogP contribution in [0.5, 0.6) is 5.75 Å². The van der Waals surface area contributed by atoms with Gasteiger partial charge in [0.1, 0.15) is 41.1 Å². The molecule has 3 aromatic rings. The number of benzene rings is 1. The van der Waals surface area contributed by atoms with Crippen molar-refractivity contribution in [2.75, 3.05) is 13.7 Å². The van der Waals surface area contributed by atoms with Crippen molar-refractivity contribution in [2.24, 2.45) is 5.92 Å². The zero-order chi connectivity index (χ0) is 24.7. The highest BCUT2D eigenvalue weighted by Gasteiger charge is 2.48. The van der Waals surface area contributed by atoms with Crippen LogP contribution < -0.4 is 25.5 Å². The summed E-state index contributed by atoms with van der Waals surface area (Å²) in [4.78, 5) is 50.9. The van der Waals surface area contributed by atoms with Crippen molar-refractivity contribution in [3.8, 4) is 5.75 Å². The van der Waals surface area contributed by atoms with E-state index in [2.05, 4.69) is 0 Å². The van der Waals surface area contributed by atoms with Crippen LogP contribution in [-0.2, 0) is 16.1 Å². The van der Waals surface area contributed by atoms with Crippen LogP contribution in [0.3, 0.4) is 0 Å². The fourth-order valence-corrected chi connectivity index (χ4v) is 4.24. The van der Waals surface area contributed by atoms with E-state index in [9.17, 15) is 29.5 Å². The number of amides is 4. The third-order valence-corrected chi connectivity index (χ3v) is 6.03. The number of hydrogen-bond acceptors (Lipinski definition) is 8. The minimum atomic E-state index is -1.64. The highest BCUT2D eigenvalue weighted by atomic mass is 16.5. The first kappa shape index (κ1) is 23.0. The molecule has 1 aromatic carbocycles. The number of carbonyl (C=O) groups is 3. The normalized spacial score (nSPS) is 15.4. The molecule has 0 aliphatic carbocycles. The van der Waals surface area contributed by atoms with Gasteiger partial charge in [0, 0.05) is 13.8 Å². The lowest BCUT2D eigenvalue weighted by Crippen LogP contribution is -2.58.